The first-order valence-electron chi connectivity index (χ1n) is 6.23. The Morgan fingerprint density at radius 2 is 1.90 bits per heavy atom. The lowest BCUT2D eigenvalue weighted by molar-refractivity contribution is -0.159. The van der Waals surface area contributed by atoms with E-state index in [1.165, 1.54) is 25.1 Å². The molecule has 1 rings (SSSR count). The molecule has 0 saturated carbocycles. The fourth-order valence-electron chi connectivity index (χ4n) is 1.71. The van der Waals surface area contributed by atoms with Crippen LogP contribution in [0.4, 0.5) is 4.39 Å². The molecule has 0 heterocycles. The van der Waals surface area contributed by atoms with Crippen molar-refractivity contribution in [2.75, 3.05) is 0 Å². The maximum atomic E-state index is 13.8. The summed E-state index contributed by atoms with van der Waals surface area (Å²) in [5, 5.41) is 12.4. The van der Waals surface area contributed by atoms with Crippen molar-refractivity contribution in [1.29, 1.82) is 0 Å². The fraction of sp³-hybridized carbons (Fsp3) is 0.429. The third-order valence-corrected chi connectivity index (χ3v) is 2.51. The normalized spacial score (nSPS) is 13.7. The molecular weight excluding hydrogens is 265 g/mol. The van der Waals surface area contributed by atoms with E-state index in [1.54, 1.807) is 19.9 Å². The highest BCUT2D eigenvalue weighted by atomic mass is 19.1. The largest absolute Gasteiger partial charge is 0.461 e. The molecule has 1 aromatic rings. The van der Waals surface area contributed by atoms with Crippen molar-refractivity contribution in [3.05, 3.63) is 35.6 Å². The second-order valence-electron chi connectivity index (χ2n) is 4.63. The van der Waals surface area contributed by atoms with Crippen LogP contribution in [0.2, 0.25) is 0 Å². The fourth-order valence-corrected chi connectivity index (χ4v) is 1.71. The van der Waals surface area contributed by atoms with Gasteiger partial charge in [-0.1, -0.05) is 18.2 Å². The lowest BCUT2D eigenvalue weighted by Crippen LogP contribution is -2.41. The van der Waals surface area contributed by atoms with Crippen molar-refractivity contribution < 1.29 is 23.8 Å². The molecule has 0 aromatic heterocycles. The zero-order chi connectivity index (χ0) is 15.3. The molecule has 0 fully saturated rings. The summed E-state index contributed by atoms with van der Waals surface area (Å²) in [6.07, 6.45) is -2.10. The molecule has 0 radical (unpaired) electrons. The van der Waals surface area contributed by atoms with Gasteiger partial charge < -0.3 is 15.2 Å². The number of nitrogens with one attached hydrogen (secondary N) is 1. The minimum atomic E-state index is -1.68. The van der Waals surface area contributed by atoms with E-state index in [0.717, 1.165) is 0 Å². The van der Waals surface area contributed by atoms with Gasteiger partial charge in [0.15, 0.2) is 6.10 Å². The Hall–Kier alpha value is -1.95. The van der Waals surface area contributed by atoms with E-state index in [9.17, 15) is 19.1 Å². The maximum absolute atomic E-state index is 13.8. The predicted octanol–water partition coefficient (Wildman–Crippen LogP) is 1.32. The van der Waals surface area contributed by atoms with Crippen LogP contribution in [0.3, 0.4) is 0 Å². The lowest BCUT2D eigenvalue weighted by Gasteiger charge is -2.24. The monoisotopic (exact) mass is 283 g/mol. The van der Waals surface area contributed by atoms with Gasteiger partial charge in [-0.2, -0.15) is 0 Å². The SMILES string of the molecule is CC(=O)NC(c1ccccc1F)C(O)C(=O)OC(C)C. The molecule has 6 heteroatoms. The summed E-state index contributed by atoms with van der Waals surface area (Å²) in [6, 6.07) is 4.41. The highest BCUT2D eigenvalue weighted by Crippen LogP contribution is 2.21. The van der Waals surface area contributed by atoms with Crippen LogP contribution in [-0.2, 0) is 14.3 Å². The van der Waals surface area contributed by atoms with Gasteiger partial charge in [-0.05, 0) is 19.9 Å². The first kappa shape index (κ1) is 16.1. The van der Waals surface area contributed by atoms with E-state index in [-0.39, 0.29) is 5.56 Å². The molecule has 2 unspecified atom stereocenters. The summed E-state index contributed by atoms with van der Waals surface area (Å²) in [5.41, 5.74) is 0.0240. The van der Waals surface area contributed by atoms with Gasteiger partial charge >= 0.3 is 5.97 Å². The standard InChI is InChI=1S/C14H18FNO4/c1-8(2)20-14(19)13(18)12(16-9(3)17)10-6-4-5-7-11(10)15/h4-8,12-13,18H,1-3H3,(H,16,17). The van der Waals surface area contributed by atoms with Gasteiger partial charge in [0, 0.05) is 12.5 Å². The van der Waals surface area contributed by atoms with Crippen LogP contribution >= 0.6 is 0 Å². The molecule has 2 N–H and O–H groups in total. The quantitative estimate of drug-likeness (QED) is 0.799. The van der Waals surface area contributed by atoms with Gasteiger partial charge in [0.2, 0.25) is 5.91 Å². The average molecular weight is 283 g/mol. The number of esters is 1. The van der Waals surface area contributed by atoms with Crippen molar-refractivity contribution in [3.8, 4) is 0 Å². The Labute approximate surface area is 116 Å². The lowest BCUT2D eigenvalue weighted by atomic mass is 10.0. The smallest absolute Gasteiger partial charge is 0.337 e. The first-order valence-corrected chi connectivity index (χ1v) is 6.23. The molecule has 0 aliphatic heterocycles. The Bertz CT molecular complexity index is 490. The minimum absolute atomic E-state index is 0.0240. The van der Waals surface area contributed by atoms with E-state index in [4.69, 9.17) is 4.74 Å². The molecule has 1 amide bonds. The Morgan fingerprint density at radius 3 is 2.40 bits per heavy atom. The van der Waals surface area contributed by atoms with E-state index in [0.29, 0.717) is 0 Å². The molecule has 2 atom stereocenters. The zero-order valence-electron chi connectivity index (χ0n) is 11.6. The second kappa shape index (κ2) is 7.00. The summed E-state index contributed by atoms with van der Waals surface area (Å²) < 4.78 is 18.6. The number of carbonyl (C=O) groups excluding carboxylic acids is 2. The zero-order valence-corrected chi connectivity index (χ0v) is 11.6. The van der Waals surface area contributed by atoms with Crippen LogP contribution in [0.5, 0.6) is 0 Å². The molecule has 0 aliphatic carbocycles. The van der Waals surface area contributed by atoms with Crippen molar-refractivity contribution in [2.45, 2.75) is 39.0 Å². The van der Waals surface area contributed by atoms with Gasteiger partial charge in [0.05, 0.1) is 12.1 Å². The van der Waals surface area contributed by atoms with Crippen LogP contribution in [0.15, 0.2) is 24.3 Å². The number of aliphatic hydroxyl groups excluding tert-OH is 1. The molecule has 110 valence electrons. The number of amides is 1. The average Bonchev–Trinajstić information content (AvgIpc) is 2.35. The number of carbonyl (C=O) groups is 2. The number of hydrogen-bond donors (Lipinski definition) is 2. The number of hydrogen-bond acceptors (Lipinski definition) is 4. The van der Waals surface area contributed by atoms with Gasteiger partial charge in [0.1, 0.15) is 5.82 Å². The molecule has 0 aliphatic rings. The molecule has 0 bridgehead atoms. The van der Waals surface area contributed by atoms with Crippen LogP contribution in [-0.4, -0.2) is 29.2 Å². The highest BCUT2D eigenvalue weighted by molar-refractivity contribution is 5.79. The summed E-state index contributed by atoms with van der Waals surface area (Å²) in [5.74, 6) is -2.03. The van der Waals surface area contributed by atoms with Gasteiger partial charge in [-0.15, -0.1) is 0 Å². The summed E-state index contributed by atoms with van der Waals surface area (Å²) in [6.45, 7) is 4.47. The summed E-state index contributed by atoms with van der Waals surface area (Å²) in [4.78, 5) is 22.9. The van der Waals surface area contributed by atoms with E-state index in [2.05, 4.69) is 5.32 Å². The minimum Gasteiger partial charge on any atom is -0.461 e. The Morgan fingerprint density at radius 1 is 1.30 bits per heavy atom. The van der Waals surface area contributed by atoms with Crippen LogP contribution in [0, 0.1) is 5.82 Å². The predicted molar refractivity (Wildman–Crippen MR) is 70.2 cm³/mol. The van der Waals surface area contributed by atoms with Crippen LogP contribution < -0.4 is 5.32 Å². The van der Waals surface area contributed by atoms with Crippen LogP contribution in [0.1, 0.15) is 32.4 Å². The van der Waals surface area contributed by atoms with Crippen molar-refractivity contribution >= 4 is 11.9 Å². The number of benzene rings is 1. The molecule has 1 aromatic carbocycles. The Kier molecular flexibility index (Phi) is 5.64. The third-order valence-electron chi connectivity index (χ3n) is 2.51. The molecular formula is C14H18FNO4. The highest BCUT2D eigenvalue weighted by Gasteiger charge is 2.31. The van der Waals surface area contributed by atoms with E-state index >= 15 is 0 Å². The topological polar surface area (TPSA) is 75.6 Å². The van der Waals surface area contributed by atoms with Gasteiger partial charge in [0.25, 0.3) is 0 Å². The maximum Gasteiger partial charge on any atom is 0.337 e. The molecule has 20 heavy (non-hydrogen) atoms. The van der Waals surface area contributed by atoms with Crippen molar-refractivity contribution in [1.82, 2.24) is 5.32 Å². The van der Waals surface area contributed by atoms with Crippen molar-refractivity contribution in [3.63, 3.8) is 0 Å². The summed E-state index contributed by atoms with van der Waals surface area (Å²) >= 11 is 0. The third kappa shape index (κ3) is 4.31. The molecule has 0 saturated heterocycles. The van der Waals surface area contributed by atoms with Gasteiger partial charge in [-0.3, -0.25) is 4.79 Å². The number of rotatable bonds is 5. The van der Waals surface area contributed by atoms with Gasteiger partial charge in [-0.25, -0.2) is 9.18 Å². The number of ether oxygens (including phenoxy) is 1. The molecule has 5 nitrogen and oxygen atoms in total. The van der Waals surface area contributed by atoms with E-state index < -0.39 is 35.9 Å². The van der Waals surface area contributed by atoms with Crippen molar-refractivity contribution in [2.24, 2.45) is 0 Å². The summed E-state index contributed by atoms with van der Waals surface area (Å²) in [7, 11) is 0. The first-order chi connectivity index (χ1) is 9.32. The van der Waals surface area contributed by atoms with Crippen LogP contribution in [0.25, 0.3) is 0 Å². The van der Waals surface area contributed by atoms with E-state index in [1.807, 2.05) is 0 Å². The second-order valence-corrected chi connectivity index (χ2v) is 4.63. The number of halogens is 1. The Balaban J connectivity index is 3.03. The molecule has 0 spiro atoms. The number of aliphatic hydroxyl groups is 1.